The number of nitriles is 1. The van der Waals surface area contributed by atoms with Crippen molar-refractivity contribution >= 4 is 28.6 Å². The highest BCUT2D eigenvalue weighted by Gasteiger charge is 2.13. The predicted molar refractivity (Wildman–Crippen MR) is 108 cm³/mol. The van der Waals surface area contributed by atoms with E-state index in [1.807, 2.05) is 66.7 Å². The van der Waals surface area contributed by atoms with Gasteiger partial charge in [-0.25, -0.2) is 0 Å². The van der Waals surface area contributed by atoms with Crippen LogP contribution in [0.15, 0.2) is 89.0 Å². The summed E-state index contributed by atoms with van der Waals surface area (Å²) in [5, 5.41) is 13.1. The van der Waals surface area contributed by atoms with Gasteiger partial charge in [0.1, 0.15) is 23.2 Å². The summed E-state index contributed by atoms with van der Waals surface area (Å²) >= 11 is 0. The van der Waals surface area contributed by atoms with Gasteiger partial charge in [0.2, 0.25) is 0 Å². The van der Waals surface area contributed by atoms with E-state index in [1.165, 1.54) is 6.08 Å². The van der Waals surface area contributed by atoms with Crippen LogP contribution >= 0.6 is 0 Å². The number of para-hydroxylation sites is 1. The van der Waals surface area contributed by atoms with E-state index in [1.54, 1.807) is 18.3 Å². The molecule has 0 unspecified atom stereocenters. The summed E-state index contributed by atoms with van der Waals surface area (Å²) in [6.07, 6.45) is 3.09. The molecule has 2 heterocycles. The van der Waals surface area contributed by atoms with Crippen LogP contribution in [-0.2, 0) is 4.79 Å². The monoisotopic (exact) mass is 365 g/mol. The number of furan rings is 1. The minimum atomic E-state index is -0.515. The molecule has 0 radical (unpaired) electrons. The largest absolute Gasteiger partial charge is 0.457 e. The summed E-state index contributed by atoms with van der Waals surface area (Å²) in [5.74, 6) is 0.586. The standard InChI is InChI=1S/C23H15N3O2/c24-15-18(14-19-11-12-21(28-19)16-6-2-1-3-7-16)23(27)26-20-10-4-8-17-9-5-13-25-22(17)20/h1-14H,(H,26,27). The summed E-state index contributed by atoms with van der Waals surface area (Å²) in [7, 11) is 0. The molecule has 0 aliphatic carbocycles. The number of hydrogen-bond acceptors (Lipinski definition) is 4. The van der Waals surface area contributed by atoms with Gasteiger partial charge in [0.15, 0.2) is 0 Å². The second kappa shape index (κ2) is 7.60. The molecule has 1 amide bonds. The number of fused-ring (bicyclic) bond motifs is 1. The fraction of sp³-hybridized carbons (Fsp3) is 0. The van der Waals surface area contributed by atoms with E-state index in [4.69, 9.17) is 4.42 Å². The first-order valence-electron chi connectivity index (χ1n) is 8.67. The Bertz CT molecular complexity index is 1210. The average Bonchev–Trinajstić information content (AvgIpc) is 3.21. The van der Waals surface area contributed by atoms with E-state index >= 15 is 0 Å². The van der Waals surface area contributed by atoms with E-state index in [2.05, 4.69) is 10.3 Å². The topological polar surface area (TPSA) is 78.9 Å². The number of carbonyl (C=O) groups excluding carboxylic acids is 1. The zero-order valence-corrected chi connectivity index (χ0v) is 14.8. The van der Waals surface area contributed by atoms with Crippen molar-refractivity contribution in [2.24, 2.45) is 0 Å². The highest BCUT2D eigenvalue weighted by Crippen LogP contribution is 2.24. The number of amides is 1. The Balaban J connectivity index is 1.59. The summed E-state index contributed by atoms with van der Waals surface area (Å²) < 4.78 is 5.75. The summed E-state index contributed by atoms with van der Waals surface area (Å²) in [6.45, 7) is 0. The molecule has 5 heteroatoms. The number of hydrogen-bond donors (Lipinski definition) is 1. The lowest BCUT2D eigenvalue weighted by Gasteiger charge is -2.07. The van der Waals surface area contributed by atoms with Gasteiger partial charge in [-0.15, -0.1) is 0 Å². The van der Waals surface area contributed by atoms with Crippen LogP contribution in [-0.4, -0.2) is 10.9 Å². The van der Waals surface area contributed by atoms with Crippen molar-refractivity contribution in [3.05, 3.63) is 90.3 Å². The molecule has 2 aromatic heterocycles. The number of aromatic nitrogens is 1. The van der Waals surface area contributed by atoms with Crippen molar-refractivity contribution in [2.75, 3.05) is 5.32 Å². The quantitative estimate of drug-likeness (QED) is 0.406. The van der Waals surface area contributed by atoms with E-state index in [-0.39, 0.29) is 5.57 Å². The summed E-state index contributed by atoms with van der Waals surface area (Å²) in [6, 6.07) is 24.3. The Morgan fingerprint density at radius 3 is 2.64 bits per heavy atom. The molecule has 1 N–H and O–H groups in total. The summed E-state index contributed by atoms with van der Waals surface area (Å²) in [5.41, 5.74) is 2.09. The average molecular weight is 365 g/mol. The molecule has 5 nitrogen and oxygen atoms in total. The van der Waals surface area contributed by atoms with Crippen LogP contribution in [0, 0.1) is 11.3 Å². The van der Waals surface area contributed by atoms with Gasteiger partial charge in [-0.2, -0.15) is 5.26 Å². The molecule has 0 spiro atoms. The van der Waals surface area contributed by atoms with Crippen LogP contribution in [0.25, 0.3) is 28.3 Å². The molecule has 0 aliphatic rings. The van der Waals surface area contributed by atoms with Crippen molar-refractivity contribution in [1.29, 1.82) is 5.26 Å². The number of carbonyl (C=O) groups is 1. The third-order valence-corrected chi connectivity index (χ3v) is 4.22. The van der Waals surface area contributed by atoms with Crippen LogP contribution in [0.5, 0.6) is 0 Å². The molecule has 0 atom stereocenters. The normalized spacial score (nSPS) is 11.2. The first-order chi connectivity index (χ1) is 13.7. The Morgan fingerprint density at radius 2 is 1.82 bits per heavy atom. The van der Waals surface area contributed by atoms with Gasteiger partial charge in [0.05, 0.1) is 11.2 Å². The number of benzene rings is 2. The highest BCUT2D eigenvalue weighted by atomic mass is 16.3. The van der Waals surface area contributed by atoms with Gasteiger partial charge < -0.3 is 9.73 Å². The first kappa shape index (κ1) is 17.3. The predicted octanol–water partition coefficient (Wildman–Crippen LogP) is 5.04. The number of nitrogens with one attached hydrogen (secondary N) is 1. The zero-order chi connectivity index (χ0) is 19.3. The number of pyridine rings is 1. The maximum atomic E-state index is 12.6. The van der Waals surface area contributed by atoms with Crippen LogP contribution < -0.4 is 5.32 Å². The zero-order valence-electron chi connectivity index (χ0n) is 14.8. The molecule has 0 bridgehead atoms. The lowest BCUT2D eigenvalue weighted by Crippen LogP contribution is -2.13. The molecule has 0 saturated carbocycles. The minimum Gasteiger partial charge on any atom is -0.457 e. The lowest BCUT2D eigenvalue weighted by atomic mass is 10.1. The van der Waals surface area contributed by atoms with Gasteiger partial charge >= 0.3 is 0 Å². The SMILES string of the molecule is N#CC(=Cc1ccc(-c2ccccc2)o1)C(=O)Nc1cccc2cccnc12. The van der Waals surface area contributed by atoms with E-state index < -0.39 is 5.91 Å². The molecule has 134 valence electrons. The number of nitrogens with zero attached hydrogens (tertiary/aromatic N) is 2. The Kier molecular flexibility index (Phi) is 4.68. The number of rotatable bonds is 4. The van der Waals surface area contributed by atoms with Crippen molar-refractivity contribution < 1.29 is 9.21 Å². The maximum absolute atomic E-state index is 12.6. The van der Waals surface area contributed by atoms with Gasteiger partial charge in [-0.1, -0.05) is 48.5 Å². The Hall–Kier alpha value is -4.17. The first-order valence-corrected chi connectivity index (χ1v) is 8.67. The van der Waals surface area contributed by atoms with Gasteiger partial charge in [0, 0.05) is 23.2 Å². The van der Waals surface area contributed by atoms with Crippen LogP contribution in [0.4, 0.5) is 5.69 Å². The second-order valence-electron chi connectivity index (χ2n) is 6.07. The van der Waals surface area contributed by atoms with E-state index in [9.17, 15) is 10.1 Å². The van der Waals surface area contributed by atoms with Crippen LogP contribution in [0.2, 0.25) is 0 Å². The smallest absolute Gasteiger partial charge is 0.266 e. The molecule has 4 rings (SSSR count). The van der Waals surface area contributed by atoms with Crippen molar-refractivity contribution in [2.45, 2.75) is 0 Å². The maximum Gasteiger partial charge on any atom is 0.266 e. The van der Waals surface area contributed by atoms with Gasteiger partial charge in [-0.05, 0) is 24.3 Å². The molecule has 0 saturated heterocycles. The second-order valence-corrected chi connectivity index (χ2v) is 6.07. The fourth-order valence-corrected chi connectivity index (χ4v) is 2.87. The fourth-order valence-electron chi connectivity index (χ4n) is 2.87. The molecule has 28 heavy (non-hydrogen) atoms. The molecule has 4 aromatic rings. The van der Waals surface area contributed by atoms with Crippen LogP contribution in [0.3, 0.4) is 0 Å². The third-order valence-electron chi connectivity index (χ3n) is 4.22. The molecule has 0 fully saturated rings. The van der Waals surface area contributed by atoms with Gasteiger partial charge in [0.25, 0.3) is 5.91 Å². The highest BCUT2D eigenvalue weighted by molar-refractivity contribution is 6.12. The molecular formula is C23H15N3O2. The third kappa shape index (κ3) is 3.53. The van der Waals surface area contributed by atoms with E-state index in [0.717, 1.165) is 10.9 Å². The molecular weight excluding hydrogens is 350 g/mol. The number of anilines is 1. The Morgan fingerprint density at radius 1 is 1.00 bits per heavy atom. The van der Waals surface area contributed by atoms with Crippen molar-refractivity contribution in [3.8, 4) is 17.4 Å². The van der Waals surface area contributed by atoms with Gasteiger partial charge in [-0.3, -0.25) is 9.78 Å². The van der Waals surface area contributed by atoms with E-state index in [0.29, 0.717) is 22.7 Å². The minimum absolute atomic E-state index is 0.0538. The van der Waals surface area contributed by atoms with Crippen molar-refractivity contribution in [1.82, 2.24) is 4.98 Å². The Labute approximate surface area is 161 Å². The lowest BCUT2D eigenvalue weighted by molar-refractivity contribution is -0.112. The van der Waals surface area contributed by atoms with Crippen LogP contribution in [0.1, 0.15) is 5.76 Å². The molecule has 0 aliphatic heterocycles. The van der Waals surface area contributed by atoms with Crippen molar-refractivity contribution in [3.63, 3.8) is 0 Å². The summed E-state index contributed by atoms with van der Waals surface area (Å²) in [4.78, 5) is 16.9. The molecule has 2 aromatic carbocycles.